The predicted octanol–water partition coefficient (Wildman–Crippen LogP) is 1.83. The first-order valence-corrected chi connectivity index (χ1v) is 11.7. The third-order valence-electron chi connectivity index (χ3n) is 4.51. The van der Waals surface area contributed by atoms with Gasteiger partial charge in [0.25, 0.3) is 5.91 Å². The fraction of sp³-hybridized carbons (Fsp3) is 0.364. The van der Waals surface area contributed by atoms with E-state index in [0.29, 0.717) is 24.5 Å². The van der Waals surface area contributed by atoms with Crippen molar-refractivity contribution in [3.63, 3.8) is 0 Å². The minimum Gasteiger partial charge on any atom is -0.356 e. The molecule has 0 saturated heterocycles. The zero-order valence-corrected chi connectivity index (χ0v) is 21.8. The van der Waals surface area contributed by atoms with Gasteiger partial charge in [-0.3, -0.25) is 9.79 Å². The Hall–Kier alpha value is -2.18. The third-order valence-corrected chi connectivity index (χ3v) is 5.84. The number of guanidine groups is 1. The number of aliphatic imine (C=N–C) groups is 1. The van der Waals surface area contributed by atoms with E-state index in [2.05, 4.69) is 20.3 Å². The van der Waals surface area contributed by atoms with E-state index in [9.17, 15) is 13.2 Å². The maximum Gasteiger partial charge on any atom is 0.253 e. The van der Waals surface area contributed by atoms with Crippen molar-refractivity contribution in [2.45, 2.75) is 13.0 Å². The van der Waals surface area contributed by atoms with Crippen LogP contribution in [0.1, 0.15) is 21.5 Å². The molecule has 0 aliphatic rings. The van der Waals surface area contributed by atoms with Gasteiger partial charge in [-0.15, -0.1) is 24.0 Å². The minimum absolute atomic E-state index is 0. The smallest absolute Gasteiger partial charge is 0.253 e. The lowest BCUT2D eigenvalue weighted by Crippen LogP contribution is -2.41. The molecule has 0 bridgehead atoms. The van der Waals surface area contributed by atoms with Gasteiger partial charge in [0, 0.05) is 46.3 Å². The highest BCUT2D eigenvalue weighted by Crippen LogP contribution is 2.07. The Kier molecular flexibility index (Phi) is 12.2. The lowest BCUT2D eigenvalue weighted by molar-refractivity contribution is 0.0827. The lowest BCUT2D eigenvalue weighted by atomic mass is 10.1. The number of amides is 1. The molecule has 0 atom stereocenters. The summed E-state index contributed by atoms with van der Waals surface area (Å²) in [6.07, 6.45) is 0.701. The largest absolute Gasteiger partial charge is 0.356 e. The van der Waals surface area contributed by atoms with E-state index < -0.39 is 10.0 Å². The Labute approximate surface area is 208 Å². The molecular weight excluding hydrogens is 541 g/mol. The first-order valence-electron chi connectivity index (χ1n) is 10.1. The van der Waals surface area contributed by atoms with E-state index in [4.69, 9.17) is 0 Å². The predicted molar refractivity (Wildman–Crippen MR) is 140 cm³/mol. The van der Waals surface area contributed by atoms with Crippen molar-refractivity contribution in [3.8, 4) is 0 Å². The van der Waals surface area contributed by atoms with E-state index in [1.807, 2.05) is 48.5 Å². The van der Waals surface area contributed by atoms with Gasteiger partial charge in [0.05, 0.1) is 5.75 Å². The van der Waals surface area contributed by atoms with Crippen LogP contribution in [-0.4, -0.2) is 65.2 Å². The summed E-state index contributed by atoms with van der Waals surface area (Å²) in [4.78, 5) is 17.7. The number of nitrogens with zero attached hydrogens (tertiary/aromatic N) is 2. The number of nitrogens with one attached hydrogen (secondary N) is 3. The highest BCUT2D eigenvalue weighted by atomic mass is 127. The molecule has 0 saturated carbocycles. The summed E-state index contributed by atoms with van der Waals surface area (Å²) in [6.45, 7) is 1.10. The van der Waals surface area contributed by atoms with Crippen molar-refractivity contribution in [2.75, 3.05) is 40.0 Å². The molecule has 2 rings (SSSR count). The third kappa shape index (κ3) is 9.96. The second-order valence-electron chi connectivity index (χ2n) is 7.20. The molecule has 32 heavy (non-hydrogen) atoms. The van der Waals surface area contributed by atoms with Crippen LogP contribution in [0.15, 0.2) is 59.6 Å². The average Bonchev–Trinajstić information content (AvgIpc) is 2.77. The van der Waals surface area contributed by atoms with Crippen LogP contribution in [-0.2, 0) is 23.0 Å². The van der Waals surface area contributed by atoms with Crippen molar-refractivity contribution < 1.29 is 13.2 Å². The van der Waals surface area contributed by atoms with Gasteiger partial charge < -0.3 is 15.5 Å². The summed E-state index contributed by atoms with van der Waals surface area (Å²) < 4.78 is 26.9. The normalized spacial score (nSPS) is 11.4. The van der Waals surface area contributed by atoms with Crippen LogP contribution in [0.4, 0.5) is 0 Å². The molecule has 0 aliphatic carbocycles. The molecule has 3 N–H and O–H groups in total. The zero-order chi connectivity index (χ0) is 22.7. The number of halogens is 1. The van der Waals surface area contributed by atoms with E-state index >= 15 is 0 Å². The Morgan fingerprint density at radius 3 is 2.28 bits per heavy atom. The molecule has 0 unspecified atom stereocenters. The Bertz CT molecular complexity index is 982. The number of hydrogen-bond acceptors (Lipinski definition) is 4. The molecule has 0 spiro atoms. The SMILES string of the molecule is CN=C(NCCc1cccc(C(=O)N(C)C)c1)NCCS(=O)(=O)NCc1ccccc1.I. The van der Waals surface area contributed by atoms with Crippen LogP contribution in [0, 0.1) is 0 Å². The van der Waals surface area contributed by atoms with Gasteiger partial charge in [0.2, 0.25) is 10.0 Å². The standard InChI is InChI=1S/C22H31N5O3S.HI/c1-23-22(24-13-12-18-10-7-11-20(16-18)21(28)27(2)3)25-14-15-31(29,30)26-17-19-8-5-4-6-9-19;/h4-11,16,26H,12-15,17H2,1-3H3,(H2,23,24,25);1H. The molecule has 10 heteroatoms. The lowest BCUT2D eigenvalue weighted by Gasteiger charge is -2.13. The highest BCUT2D eigenvalue weighted by molar-refractivity contribution is 14.0. The maximum absolute atomic E-state index is 12.2. The Morgan fingerprint density at radius 1 is 0.969 bits per heavy atom. The average molecular weight is 574 g/mol. The maximum atomic E-state index is 12.2. The molecule has 2 aromatic rings. The molecule has 0 radical (unpaired) electrons. The van der Waals surface area contributed by atoms with Crippen LogP contribution in [0.3, 0.4) is 0 Å². The van der Waals surface area contributed by atoms with Gasteiger partial charge in [0.1, 0.15) is 0 Å². The van der Waals surface area contributed by atoms with Gasteiger partial charge in [-0.2, -0.15) is 0 Å². The van der Waals surface area contributed by atoms with Gasteiger partial charge in [-0.05, 0) is 29.7 Å². The van der Waals surface area contributed by atoms with E-state index in [1.165, 1.54) is 0 Å². The van der Waals surface area contributed by atoms with Crippen LogP contribution < -0.4 is 15.4 Å². The minimum atomic E-state index is -3.40. The Morgan fingerprint density at radius 2 is 1.62 bits per heavy atom. The topological polar surface area (TPSA) is 103 Å². The number of rotatable bonds is 10. The molecule has 0 fully saturated rings. The van der Waals surface area contributed by atoms with Crippen molar-refractivity contribution in [3.05, 3.63) is 71.3 Å². The quantitative estimate of drug-likeness (QED) is 0.229. The summed E-state index contributed by atoms with van der Waals surface area (Å²) in [6, 6.07) is 16.9. The monoisotopic (exact) mass is 573 g/mol. The Balaban J connectivity index is 0.00000512. The second-order valence-corrected chi connectivity index (χ2v) is 9.13. The second kappa shape index (κ2) is 14.1. The van der Waals surface area contributed by atoms with Gasteiger partial charge >= 0.3 is 0 Å². The van der Waals surface area contributed by atoms with Crippen LogP contribution in [0.5, 0.6) is 0 Å². The summed E-state index contributed by atoms with van der Waals surface area (Å²) in [7, 11) is 1.69. The van der Waals surface area contributed by atoms with E-state index in [-0.39, 0.29) is 48.7 Å². The van der Waals surface area contributed by atoms with Crippen LogP contribution in [0.25, 0.3) is 0 Å². The molecule has 2 aromatic carbocycles. The van der Waals surface area contributed by atoms with E-state index in [0.717, 1.165) is 11.1 Å². The summed E-state index contributed by atoms with van der Waals surface area (Å²) >= 11 is 0. The first-order chi connectivity index (χ1) is 14.8. The molecule has 0 aromatic heterocycles. The number of sulfonamides is 1. The van der Waals surface area contributed by atoms with E-state index in [1.54, 1.807) is 32.1 Å². The number of carbonyl (C=O) groups excluding carboxylic acids is 1. The highest BCUT2D eigenvalue weighted by Gasteiger charge is 2.11. The molecular formula is C22H32IN5O3S. The molecule has 8 nitrogen and oxygen atoms in total. The molecule has 0 aliphatic heterocycles. The summed E-state index contributed by atoms with van der Waals surface area (Å²) in [5.41, 5.74) is 2.59. The van der Waals surface area contributed by atoms with Crippen molar-refractivity contribution in [1.82, 2.24) is 20.3 Å². The molecule has 176 valence electrons. The first kappa shape index (κ1) is 27.9. The number of hydrogen-bond donors (Lipinski definition) is 3. The summed E-state index contributed by atoms with van der Waals surface area (Å²) in [5, 5.41) is 6.18. The van der Waals surface area contributed by atoms with Gasteiger partial charge in [-0.1, -0.05) is 42.5 Å². The number of carbonyl (C=O) groups is 1. The number of benzene rings is 2. The van der Waals surface area contributed by atoms with Gasteiger partial charge in [-0.25, -0.2) is 13.1 Å². The molecule has 1 amide bonds. The fourth-order valence-corrected chi connectivity index (χ4v) is 3.73. The van der Waals surface area contributed by atoms with Crippen molar-refractivity contribution in [1.29, 1.82) is 0 Å². The van der Waals surface area contributed by atoms with Crippen molar-refractivity contribution >= 4 is 45.9 Å². The molecule has 0 heterocycles. The van der Waals surface area contributed by atoms with Gasteiger partial charge in [0.15, 0.2) is 5.96 Å². The summed E-state index contributed by atoms with van der Waals surface area (Å²) in [5.74, 6) is 0.433. The van der Waals surface area contributed by atoms with Crippen LogP contribution in [0.2, 0.25) is 0 Å². The fourth-order valence-electron chi connectivity index (χ4n) is 2.83. The van der Waals surface area contributed by atoms with Crippen LogP contribution >= 0.6 is 24.0 Å². The van der Waals surface area contributed by atoms with Crippen molar-refractivity contribution in [2.24, 2.45) is 4.99 Å². The zero-order valence-electron chi connectivity index (χ0n) is 18.7.